The smallest absolute Gasteiger partial charge is 0.225 e. The van der Waals surface area contributed by atoms with Crippen LogP contribution in [0.15, 0.2) is 41.3 Å². The maximum absolute atomic E-state index is 12.1. The quantitative estimate of drug-likeness (QED) is 0.783. The summed E-state index contributed by atoms with van der Waals surface area (Å²) in [5.41, 5.74) is 5.77. The van der Waals surface area contributed by atoms with Gasteiger partial charge in [-0.15, -0.1) is 11.8 Å². The van der Waals surface area contributed by atoms with Crippen LogP contribution >= 0.6 is 11.8 Å². The molecule has 1 N–H and O–H groups in total. The van der Waals surface area contributed by atoms with E-state index in [2.05, 4.69) is 43.4 Å². The molecule has 0 aliphatic carbocycles. The van der Waals surface area contributed by atoms with Crippen molar-refractivity contribution in [3.8, 4) is 0 Å². The summed E-state index contributed by atoms with van der Waals surface area (Å²) < 4.78 is 0. The fraction of sp³-hybridized carbons (Fsp3) is 0.316. The Labute approximate surface area is 137 Å². The Morgan fingerprint density at radius 3 is 2.41 bits per heavy atom. The monoisotopic (exact) mass is 313 g/mol. The van der Waals surface area contributed by atoms with Crippen LogP contribution in [0.2, 0.25) is 0 Å². The minimum Gasteiger partial charge on any atom is -0.326 e. The summed E-state index contributed by atoms with van der Waals surface area (Å²) in [4.78, 5) is 13.3. The molecule has 1 amide bonds. The lowest BCUT2D eigenvalue weighted by Gasteiger charge is -2.09. The number of carbonyl (C=O) groups is 1. The maximum Gasteiger partial charge on any atom is 0.225 e. The van der Waals surface area contributed by atoms with Gasteiger partial charge < -0.3 is 5.32 Å². The number of nitrogens with one attached hydrogen (secondary N) is 1. The Balaban J connectivity index is 1.85. The van der Waals surface area contributed by atoms with E-state index in [9.17, 15) is 4.79 Å². The lowest BCUT2D eigenvalue weighted by molar-refractivity contribution is -0.115. The Morgan fingerprint density at radius 2 is 1.68 bits per heavy atom. The number of carbonyl (C=O) groups excluding carboxylic acids is 1. The van der Waals surface area contributed by atoms with Crippen LogP contribution in [0.3, 0.4) is 0 Å². The third kappa shape index (κ3) is 4.63. The van der Waals surface area contributed by atoms with Gasteiger partial charge in [-0.25, -0.2) is 0 Å². The van der Waals surface area contributed by atoms with Gasteiger partial charge in [-0.1, -0.05) is 18.2 Å². The van der Waals surface area contributed by atoms with E-state index in [1.807, 2.05) is 26.0 Å². The van der Waals surface area contributed by atoms with Crippen molar-refractivity contribution in [3.63, 3.8) is 0 Å². The molecule has 22 heavy (non-hydrogen) atoms. The van der Waals surface area contributed by atoms with Crippen molar-refractivity contribution in [2.75, 3.05) is 11.1 Å². The predicted molar refractivity (Wildman–Crippen MR) is 95.8 cm³/mol. The van der Waals surface area contributed by atoms with E-state index in [0.717, 1.165) is 22.6 Å². The van der Waals surface area contributed by atoms with Gasteiger partial charge in [-0.3, -0.25) is 4.79 Å². The van der Waals surface area contributed by atoms with Crippen molar-refractivity contribution in [1.29, 1.82) is 0 Å². The van der Waals surface area contributed by atoms with Gasteiger partial charge in [0.1, 0.15) is 0 Å². The number of benzene rings is 2. The molecule has 116 valence electrons. The van der Waals surface area contributed by atoms with Gasteiger partial charge in [0, 0.05) is 22.8 Å². The zero-order valence-electron chi connectivity index (χ0n) is 13.7. The fourth-order valence-corrected chi connectivity index (χ4v) is 3.10. The zero-order chi connectivity index (χ0) is 16.1. The number of aryl methyl sites for hydroxylation is 4. The maximum atomic E-state index is 12.1. The second kappa shape index (κ2) is 7.50. The first-order valence-corrected chi connectivity index (χ1v) is 8.51. The first-order valence-electron chi connectivity index (χ1n) is 7.53. The average Bonchev–Trinajstić information content (AvgIpc) is 2.47. The van der Waals surface area contributed by atoms with Crippen molar-refractivity contribution >= 4 is 23.4 Å². The topological polar surface area (TPSA) is 29.1 Å². The molecular weight excluding hydrogens is 290 g/mol. The number of rotatable bonds is 5. The fourth-order valence-electron chi connectivity index (χ4n) is 2.15. The number of hydrogen-bond donors (Lipinski definition) is 1. The number of thioether (sulfide) groups is 1. The van der Waals surface area contributed by atoms with Crippen molar-refractivity contribution in [3.05, 3.63) is 58.7 Å². The Morgan fingerprint density at radius 1 is 0.955 bits per heavy atom. The SMILES string of the molecule is Cc1ccc(C)c(NC(=O)CCSc2ccc(C)c(C)c2)c1. The third-order valence-corrected chi connectivity index (χ3v) is 4.74. The van der Waals surface area contributed by atoms with Crippen molar-refractivity contribution in [2.45, 2.75) is 39.0 Å². The second-order valence-electron chi connectivity index (χ2n) is 5.71. The molecule has 0 saturated heterocycles. The van der Waals surface area contributed by atoms with E-state index in [1.54, 1.807) is 11.8 Å². The number of amides is 1. The summed E-state index contributed by atoms with van der Waals surface area (Å²) in [6, 6.07) is 12.5. The van der Waals surface area contributed by atoms with Crippen molar-refractivity contribution in [1.82, 2.24) is 0 Å². The minimum atomic E-state index is 0.0741. The Bertz CT molecular complexity index is 679. The molecule has 3 heteroatoms. The van der Waals surface area contributed by atoms with Crippen LogP contribution in [-0.4, -0.2) is 11.7 Å². The largest absolute Gasteiger partial charge is 0.326 e. The van der Waals surface area contributed by atoms with E-state index >= 15 is 0 Å². The van der Waals surface area contributed by atoms with Gasteiger partial charge in [0.05, 0.1) is 0 Å². The molecule has 0 aliphatic heterocycles. The molecule has 0 aromatic heterocycles. The van der Waals surface area contributed by atoms with E-state index in [4.69, 9.17) is 0 Å². The van der Waals surface area contributed by atoms with Crippen LogP contribution in [0.4, 0.5) is 5.69 Å². The third-order valence-electron chi connectivity index (χ3n) is 3.74. The van der Waals surface area contributed by atoms with Crippen molar-refractivity contribution in [2.24, 2.45) is 0 Å². The van der Waals surface area contributed by atoms with Gasteiger partial charge in [-0.05, 0) is 68.1 Å². The zero-order valence-corrected chi connectivity index (χ0v) is 14.5. The van der Waals surface area contributed by atoms with Gasteiger partial charge in [-0.2, -0.15) is 0 Å². The Hall–Kier alpha value is -1.74. The lowest BCUT2D eigenvalue weighted by atomic mass is 10.1. The molecule has 0 unspecified atom stereocenters. The highest BCUT2D eigenvalue weighted by Gasteiger charge is 2.06. The van der Waals surface area contributed by atoms with Gasteiger partial charge in [0.2, 0.25) is 5.91 Å². The molecule has 0 aliphatic rings. The number of anilines is 1. The second-order valence-corrected chi connectivity index (χ2v) is 6.88. The first kappa shape index (κ1) is 16.6. The molecule has 2 rings (SSSR count). The summed E-state index contributed by atoms with van der Waals surface area (Å²) in [5, 5.41) is 3.01. The molecule has 0 radical (unpaired) electrons. The molecular formula is C19H23NOS. The average molecular weight is 313 g/mol. The molecule has 2 aromatic carbocycles. The van der Waals surface area contributed by atoms with Gasteiger partial charge >= 0.3 is 0 Å². The summed E-state index contributed by atoms with van der Waals surface area (Å²) in [6.45, 7) is 8.28. The highest BCUT2D eigenvalue weighted by Crippen LogP contribution is 2.22. The highest BCUT2D eigenvalue weighted by molar-refractivity contribution is 7.99. The molecule has 0 bridgehead atoms. The lowest BCUT2D eigenvalue weighted by Crippen LogP contribution is -2.13. The first-order chi connectivity index (χ1) is 10.5. The molecule has 0 heterocycles. The summed E-state index contributed by atoms with van der Waals surface area (Å²) >= 11 is 1.73. The molecule has 2 nitrogen and oxygen atoms in total. The van der Waals surface area contributed by atoms with Crippen LogP contribution in [0, 0.1) is 27.7 Å². The minimum absolute atomic E-state index is 0.0741. The van der Waals surface area contributed by atoms with E-state index in [0.29, 0.717) is 6.42 Å². The van der Waals surface area contributed by atoms with E-state index in [1.165, 1.54) is 16.0 Å². The molecule has 0 atom stereocenters. The Kier molecular flexibility index (Phi) is 5.67. The van der Waals surface area contributed by atoms with Crippen LogP contribution in [0.1, 0.15) is 28.7 Å². The standard InChI is InChI=1S/C19H23NOS/c1-13-5-6-15(3)18(11-13)20-19(21)9-10-22-17-8-7-14(2)16(4)12-17/h5-8,11-12H,9-10H2,1-4H3,(H,20,21). The van der Waals surface area contributed by atoms with Crippen LogP contribution in [0.25, 0.3) is 0 Å². The van der Waals surface area contributed by atoms with Crippen LogP contribution < -0.4 is 5.32 Å². The van der Waals surface area contributed by atoms with Crippen LogP contribution in [0.5, 0.6) is 0 Å². The molecule has 0 fully saturated rings. The molecule has 0 spiro atoms. The van der Waals surface area contributed by atoms with Crippen LogP contribution in [-0.2, 0) is 4.79 Å². The summed E-state index contributed by atoms with van der Waals surface area (Å²) in [6.07, 6.45) is 0.519. The van der Waals surface area contributed by atoms with Gasteiger partial charge in [0.25, 0.3) is 0 Å². The number of hydrogen-bond acceptors (Lipinski definition) is 2. The van der Waals surface area contributed by atoms with E-state index in [-0.39, 0.29) is 5.91 Å². The molecule has 2 aromatic rings. The predicted octanol–water partition coefficient (Wildman–Crippen LogP) is 5.04. The van der Waals surface area contributed by atoms with E-state index < -0.39 is 0 Å². The van der Waals surface area contributed by atoms with Gasteiger partial charge in [0.15, 0.2) is 0 Å². The van der Waals surface area contributed by atoms with Crippen molar-refractivity contribution < 1.29 is 4.79 Å². The highest BCUT2D eigenvalue weighted by atomic mass is 32.2. The normalized spacial score (nSPS) is 10.5. The molecule has 0 saturated carbocycles. The summed E-state index contributed by atoms with van der Waals surface area (Å²) in [7, 11) is 0. The summed E-state index contributed by atoms with van der Waals surface area (Å²) in [5.74, 6) is 0.865.